The molecule has 0 heterocycles. The van der Waals surface area contributed by atoms with Crippen LogP contribution < -0.4 is 4.74 Å². The molecule has 18 heavy (non-hydrogen) atoms. The van der Waals surface area contributed by atoms with Gasteiger partial charge in [-0.05, 0) is 30.5 Å². The quantitative estimate of drug-likeness (QED) is 0.774. The van der Waals surface area contributed by atoms with Crippen molar-refractivity contribution in [3.8, 4) is 17.6 Å². The molecule has 0 aliphatic carbocycles. The van der Waals surface area contributed by atoms with Crippen molar-refractivity contribution in [1.29, 1.82) is 5.26 Å². The molecule has 0 aromatic heterocycles. The van der Waals surface area contributed by atoms with Crippen LogP contribution >= 0.6 is 11.8 Å². The van der Waals surface area contributed by atoms with Gasteiger partial charge in [0.15, 0.2) is 5.82 Å². The molecule has 0 saturated carbocycles. The van der Waals surface area contributed by atoms with Crippen LogP contribution in [0.3, 0.4) is 0 Å². The standard InChI is InChI=1S/C14H10FNOS/c1-18-13-8-7-12(11(9-16)14(13)15)17-10-5-3-2-4-6-10/h2-8H,1H3. The van der Waals surface area contributed by atoms with E-state index < -0.39 is 5.82 Å². The molecule has 0 aliphatic heterocycles. The van der Waals surface area contributed by atoms with Crippen molar-refractivity contribution in [3.05, 3.63) is 53.8 Å². The number of hydrogen-bond donors (Lipinski definition) is 0. The molecule has 90 valence electrons. The van der Waals surface area contributed by atoms with Crippen LogP contribution in [0.25, 0.3) is 0 Å². The molecule has 0 bridgehead atoms. The van der Waals surface area contributed by atoms with Gasteiger partial charge in [-0.15, -0.1) is 11.8 Å². The third-order valence-electron chi connectivity index (χ3n) is 2.37. The summed E-state index contributed by atoms with van der Waals surface area (Å²) in [5.74, 6) is 0.280. The molecular weight excluding hydrogens is 249 g/mol. The summed E-state index contributed by atoms with van der Waals surface area (Å²) in [5.41, 5.74) is -0.0642. The molecule has 0 atom stereocenters. The molecule has 0 N–H and O–H groups in total. The third kappa shape index (κ3) is 2.47. The van der Waals surface area contributed by atoms with E-state index in [-0.39, 0.29) is 11.3 Å². The van der Waals surface area contributed by atoms with Crippen LogP contribution in [0, 0.1) is 17.1 Å². The Balaban J connectivity index is 2.41. The first kappa shape index (κ1) is 12.5. The van der Waals surface area contributed by atoms with Crippen LogP contribution in [0.5, 0.6) is 11.5 Å². The van der Waals surface area contributed by atoms with Gasteiger partial charge in [0.05, 0.1) is 0 Å². The van der Waals surface area contributed by atoms with Crippen molar-refractivity contribution >= 4 is 11.8 Å². The lowest BCUT2D eigenvalue weighted by Gasteiger charge is -2.09. The van der Waals surface area contributed by atoms with Crippen LogP contribution in [0.1, 0.15) is 5.56 Å². The lowest BCUT2D eigenvalue weighted by Crippen LogP contribution is -1.93. The second kappa shape index (κ2) is 5.56. The summed E-state index contributed by atoms with van der Waals surface area (Å²) in [4.78, 5) is 0.437. The summed E-state index contributed by atoms with van der Waals surface area (Å²) >= 11 is 1.26. The highest BCUT2D eigenvalue weighted by molar-refractivity contribution is 7.98. The van der Waals surface area contributed by atoms with Gasteiger partial charge in [0.1, 0.15) is 23.1 Å². The maximum atomic E-state index is 13.9. The van der Waals surface area contributed by atoms with Crippen molar-refractivity contribution in [2.24, 2.45) is 0 Å². The molecule has 2 aromatic rings. The largest absolute Gasteiger partial charge is 0.456 e. The second-order valence-corrected chi connectivity index (χ2v) is 4.33. The first-order valence-electron chi connectivity index (χ1n) is 5.25. The Labute approximate surface area is 109 Å². The fourth-order valence-corrected chi connectivity index (χ4v) is 1.99. The van der Waals surface area contributed by atoms with E-state index in [2.05, 4.69) is 0 Å². The molecule has 4 heteroatoms. The highest BCUT2D eigenvalue weighted by Gasteiger charge is 2.14. The number of halogens is 1. The monoisotopic (exact) mass is 259 g/mol. The molecule has 0 amide bonds. The van der Waals surface area contributed by atoms with Gasteiger partial charge in [0, 0.05) is 4.90 Å². The molecule has 0 radical (unpaired) electrons. The average molecular weight is 259 g/mol. The van der Waals surface area contributed by atoms with Gasteiger partial charge in [0.25, 0.3) is 0 Å². The smallest absolute Gasteiger partial charge is 0.158 e. The average Bonchev–Trinajstić information content (AvgIpc) is 2.40. The predicted octanol–water partition coefficient (Wildman–Crippen LogP) is 4.21. The fraction of sp³-hybridized carbons (Fsp3) is 0.0714. The van der Waals surface area contributed by atoms with E-state index in [0.29, 0.717) is 10.6 Å². The molecule has 0 spiro atoms. The SMILES string of the molecule is CSc1ccc(Oc2ccccc2)c(C#N)c1F. The van der Waals surface area contributed by atoms with Crippen molar-refractivity contribution in [3.63, 3.8) is 0 Å². The molecule has 2 nitrogen and oxygen atoms in total. The Morgan fingerprint density at radius 2 is 1.89 bits per heavy atom. The van der Waals surface area contributed by atoms with Gasteiger partial charge in [-0.1, -0.05) is 18.2 Å². The van der Waals surface area contributed by atoms with E-state index in [1.165, 1.54) is 11.8 Å². The van der Waals surface area contributed by atoms with Gasteiger partial charge in [-0.3, -0.25) is 0 Å². The van der Waals surface area contributed by atoms with Gasteiger partial charge < -0.3 is 4.74 Å². The number of nitrogens with zero attached hydrogens (tertiary/aromatic N) is 1. The molecule has 0 fully saturated rings. The van der Waals surface area contributed by atoms with Crippen molar-refractivity contribution in [1.82, 2.24) is 0 Å². The van der Waals surface area contributed by atoms with Crippen LogP contribution in [0.4, 0.5) is 4.39 Å². The van der Waals surface area contributed by atoms with Crippen molar-refractivity contribution in [2.75, 3.05) is 6.26 Å². The Hall–Kier alpha value is -1.99. The van der Waals surface area contributed by atoms with E-state index in [9.17, 15) is 4.39 Å². The molecule has 2 rings (SSSR count). The Morgan fingerprint density at radius 3 is 2.50 bits per heavy atom. The van der Waals surface area contributed by atoms with Crippen LogP contribution in [-0.2, 0) is 0 Å². The van der Waals surface area contributed by atoms with Crippen LogP contribution in [0.2, 0.25) is 0 Å². The van der Waals surface area contributed by atoms with Gasteiger partial charge in [-0.25, -0.2) is 4.39 Å². The highest BCUT2D eigenvalue weighted by atomic mass is 32.2. The van der Waals surface area contributed by atoms with Crippen LogP contribution in [0.15, 0.2) is 47.4 Å². The Morgan fingerprint density at radius 1 is 1.17 bits per heavy atom. The number of thioether (sulfide) groups is 1. The Kier molecular flexibility index (Phi) is 3.85. The zero-order chi connectivity index (χ0) is 13.0. The second-order valence-electron chi connectivity index (χ2n) is 3.48. The molecular formula is C14H10FNOS. The van der Waals surface area contributed by atoms with Crippen molar-refractivity contribution in [2.45, 2.75) is 4.90 Å². The summed E-state index contributed by atoms with van der Waals surface area (Å²) in [7, 11) is 0. The molecule has 0 saturated heterocycles. The van der Waals surface area contributed by atoms with Crippen LogP contribution in [-0.4, -0.2) is 6.26 Å². The van der Waals surface area contributed by atoms with E-state index in [0.717, 1.165) is 0 Å². The third-order valence-corrected chi connectivity index (χ3v) is 3.13. The fourth-order valence-electron chi connectivity index (χ4n) is 1.50. The number of hydrogen-bond acceptors (Lipinski definition) is 3. The predicted molar refractivity (Wildman–Crippen MR) is 69.4 cm³/mol. The summed E-state index contributed by atoms with van der Waals surface area (Å²) in [6, 6.07) is 14.1. The summed E-state index contributed by atoms with van der Waals surface area (Å²) < 4.78 is 19.4. The van der Waals surface area contributed by atoms with Crippen molar-refractivity contribution < 1.29 is 9.13 Å². The number of nitriles is 1. The number of ether oxygens (including phenoxy) is 1. The van der Waals surface area contributed by atoms with E-state index in [1.807, 2.05) is 24.3 Å². The van der Waals surface area contributed by atoms with E-state index in [4.69, 9.17) is 10.00 Å². The number of rotatable bonds is 3. The maximum Gasteiger partial charge on any atom is 0.158 e. The zero-order valence-corrected chi connectivity index (χ0v) is 10.5. The minimum atomic E-state index is -0.529. The first-order chi connectivity index (χ1) is 8.76. The number of para-hydroxylation sites is 1. The maximum absolute atomic E-state index is 13.9. The summed E-state index contributed by atoms with van der Waals surface area (Å²) in [6.45, 7) is 0. The highest BCUT2D eigenvalue weighted by Crippen LogP contribution is 2.31. The van der Waals surface area contributed by atoms with Gasteiger partial charge in [-0.2, -0.15) is 5.26 Å². The minimum Gasteiger partial charge on any atom is -0.456 e. The van der Waals surface area contributed by atoms with Gasteiger partial charge >= 0.3 is 0 Å². The lowest BCUT2D eigenvalue weighted by molar-refractivity contribution is 0.472. The first-order valence-corrected chi connectivity index (χ1v) is 6.48. The normalized spacial score (nSPS) is 9.83. The van der Waals surface area contributed by atoms with E-state index >= 15 is 0 Å². The molecule has 2 aromatic carbocycles. The minimum absolute atomic E-state index is 0.0642. The summed E-state index contributed by atoms with van der Waals surface area (Å²) in [5, 5.41) is 9.02. The molecule has 0 unspecified atom stereocenters. The number of benzene rings is 2. The molecule has 0 aliphatic rings. The zero-order valence-electron chi connectivity index (χ0n) is 9.68. The van der Waals surface area contributed by atoms with E-state index in [1.54, 1.807) is 30.5 Å². The Bertz CT molecular complexity index is 593. The summed E-state index contributed by atoms with van der Waals surface area (Å²) in [6.07, 6.45) is 1.76. The topological polar surface area (TPSA) is 33.0 Å². The van der Waals surface area contributed by atoms with Gasteiger partial charge in [0.2, 0.25) is 0 Å². The lowest BCUT2D eigenvalue weighted by atomic mass is 10.2.